The molecule has 2 fully saturated rings. The van der Waals surface area contributed by atoms with Crippen molar-refractivity contribution in [1.82, 2.24) is 15.5 Å². The van der Waals surface area contributed by atoms with Gasteiger partial charge in [0.25, 0.3) is 0 Å². The first-order valence-electron chi connectivity index (χ1n) is 10.3. The van der Waals surface area contributed by atoms with Gasteiger partial charge in [0.1, 0.15) is 0 Å². The molecule has 146 valence electrons. The van der Waals surface area contributed by atoms with E-state index in [0.29, 0.717) is 12.0 Å². The van der Waals surface area contributed by atoms with Gasteiger partial charge >= 0.3 is 0 Å². The number of rotatable bonds is 7. The molecule has 5 nitrogen and oxygen atoms in total. The molecule has 0 amide bonds. The van der Waals surface area contributed by atoms with E-state index in [1.807, 2.05) is 7.05 Å². The van der Waals surface area contributed by atoms with Crippen molar-refractivity contribution in [1.29, 1.82) is 0 Å². The van der Waals surface area contributed by atoms with Gasteiger partial charge in [-0.3, -0.25) is 4.99 Å². The van der Waals surface area contributed by atoms with Crippen LogP contribution in [-0.2, 0) is 4.74 Å². The van der Waals surface area contributed by atoms with Gasteiger partial charge in [0, 0.05) is 32.7 Å². The van der Waals surface area contributed by atoms with E-state index >= 15 is 0 Å². The zero-order valence-electron chi connectivity index (χ0n) is 16.9. The van der Waals surface area contributed by atoms with Gasteiger partial charge < -0.3 is 20.3 Å². The third kappa shape index (κ3) is 7.14. The minimum Gasteiger partial charge on any atom is -0.377 e. The third-order valence-electron chi connectivity index (χ3n) is 5.45. The van der Waals surface area contributed by atoms with Crippen LogP contribution in [0.15, 0.2) is 4.99 Å². The van der Waals surface area contributed by atoms with Crippen molar-refractivity contribution in [2.45, 2.75) is 65.4 Å². The molecule has 2 atom stereocenters. The molecule has 2 aliphatic heterocycles. The Kier molecular flexibility index (Phi) is 8.50. The maximum absolute atomic E-state index is 6.08. The molecule has 2 aliphatic rings. The van der Waals surface area contributed by atoms with E-state index in [9.17, 15) is 0 Å². The van der Waals surface area contributed by atoms with E-state index in [1.165, 1.54) is 58.2 Å². The van der Waals surface area contributed by atoms with Crippen LogP contribution in [0.2, 0.25) is 0 Å². The van der Waals surface area contributed by atoms with Crippen molar-refractivity contribution in [3.63, 3.8) is 0 Å². The smallest absolute Gasteiger partial charge is 0.190 e. The highest BCUT2D eigenvalue weighted by Gasteiger charge is 2.35. The van der Waals surface area contributed by atoms with Gasteiger partial charge in [-0.1, -0.05) is 20.8 Å². The standard InChI is InChI=1S/C20H40N4O/c1-20(2,3)18-17(10-9-15-25-18)16-23-19(21-4)22-11-5-6-12-24-13-7-8-14-24/h17-18H,5-16H2,1-4H3,(H2,21,22,23). The van der Waals surface area contributed by atoms with Crippen molar-refractivity contribution in [2.75, 3.05) is 46.4 Å². The second-order valence-electron chi connectivity index (χ2n) is 8.70. The van der Waals surface area contributed by atoms with E-state index < -0.39 is 0 Å². The predicted molar refractivity (Wildman–Crippen MR) is 106 cm³/mol. The largest absolute Gasteiger partial charge is 0.377 e. The Morgan fingerprint density at radius 2 is 1.88 bits per heavy atom. The second-order valence-corrected chi connectivity index (χ2v) is 8.70. The molecule has 0 bridgehead atoms. The zero-order chi connectivity index (χ0) is 18.1. The molecule has 0 saturated carbocycles. The Hall–Kier alpha value is -0.810. The van der Waals surface area contributed by atoms with Crippen LogP contribution in [0.5, 0.6) is 0 Å². The molecule has 2 N–H and O–H groups in total. The van der Waals surface area contributed by atoms with Crippen LogP contribution >= 0.6 is 0 Å². The van der Waals surface area contributed by atoms with Crippen LogP contribution in [0.4, 0.5) is 0 Å². The monoisotopic (exact) mass is 352 g/mol. The quantitative estimate of drug-likeness (QED) is 0.420. The number of nitrogens with zero attached hydrogens (tertiary/aromatic N) is 2. The minimum atomic E-state index is 0.194. The summed E-state index contributed by atoms with van der Waals surface area (Å²) in [6.07, 6.45) is 7.97. The first kappa shape index (κ1) is 20.5. The lowest BCUT2D eigenvalue weighted by atomic mass is 9.78. The Morgan fingerprint density at radius 1 is 1.12 bits per heavy atom. The Morgan fingerprint density at radius 3 is 2.56 bits per heavy atom. The first-order chi connectivity index (χ1) is 12.0. The molecule has 0 aliphatic carbocycles. The Labute approximate surface area is 155 Å². The van der Waals surface area contributed by atoms with Gasteiger partial charge in [-0.05, 0) is 63.6 Å². The summed E-state index contributed by atoms with van der Waals surface area (Å²) in [7, 11) is 1.86. The number of aliphatic imine (C=N–C) groups is 1. The molecule has 2 rings (SSSR count). The van der Waals surface area contributed by atoms with E-state index in [1.54, 1.807) is 0 Å². The average molecular weight is 353 g/mol. The molecule has 0 aromatic carbocycles. The maximum atomic E-state index is 6.08. The minimum absolute atomic E-state index is 0.194. The lowest BCUT2D eigenvalue weighted by Gasteiger charge is -2.40. The highest BCUT2D eigenvalue weighted by molar-refractivity contribution is 5.79. The van der Waals surface area contributed by atoms with E-state index in [4.69, 9.17) is 4.74 Å². The molecular weight excluding hydrogens is 312 g/mol. The van der Waals surface area contributed by atoms with E-state index in [0.717, 1.165) is 25.7 Å². The molecular formula is C20H40N4O. The molecule has 0 spiro atoms. The fraction of sp³-hybridized carbons (Fsp3) is 0.950. The SMILES string of the molecule is CN=C(NCCCCN1CCCC1)NCC1CCCOC1C(C)(C)C. The van der Waals surface area contributed by atoms with Gasteiger partial charge in [0.15, 0.2) is 5.96 Å². The first-order valence-corrected chi connectivity index (χ1v) is 10.3. The second kappa shape index (κ2) is 10.4. The fourth-order valence-corrected chi connectivity index (χ4v) is 4.13. The lowest BCUT2D eigenvalue weighted by molar-refractivity contribution is -0.0835. The summed E-state index contributed by atoms with van der Waals surface area (Å²) in [6.45, 7) is 13.5. The van der Waals surface area contributed by atoms with Gasteiger partial charge in [0.05, 0.1) is 6.10 Å². The normalized spacial score (nSPS) is 26.0. The van der Waals surface area contributed by atoms with E-state index in [2.05, 4.69) is 41.3 Å². The van der Waals surface area contributed by atoms with Crippen LogP contribution in [0, 0.1) is 11.3 Å². The summed E-state index contributed by atoms with van der Waals surface area (Å²) >= 11 is 0. The number of unbranched alkanes of at least 4 members (excludes halogenated alkanes) is 1. The average Bonchev–Trinajstić information content (AvgIpc) is 3.10. The maximum Gasteiger partial charge on any atom is 0.190 e. The number of hydrogen-bond donors (Lipinski definition) is 2. The Bertz CT molecular complexity index is 399. The molecule has 25 heavy (non-hydrogen) atoms. The molecule has 2 unspecified atom stereocenters. The van der Waals surface area contributed by atoms with Crippen LogP contribution in [0.3, 0.4) is 0 Å². The van der Waals surface area contributed by atoms with Crippen LogP contribution in [-0.4, -0.2) is 63.3 Å². The highest BCUT2D eigenvalue weighted by Crippen LogP contribution is 2.33. The summed E-state index contributed by atoms with van der Waals surface area (Å²) in [5.74, 6) is 1.49. The van der Waals surface area contributed by atoms with Crippen LogP contribution in [0.25, 0.3) is 0 Å². The lowest BCUT2D eigenvalue weighted by Crippen LogP contribution is -2.47. The van der Waals surface area contributed by atoms with Gasteiger partial charge in [0.2, 0.25) is 0 Å². The van der Waals surface area contributed by atoms with Crippen molar-refractivity contribution in [3.8, 4) is 0 Å². The van der Waals surface area contributed by atoms with Crippen molar-refractivity contribution in [2.24, 2.45) is 16.3 Å². The summed E-state index contributed by atoms with van der Waals surface area (Å²) in [5, 5.41) is 6.99. The summed E-state index contributed by atoms with van der Waals surface area (Å²) in [4.78, 5) is 6.96. The van der Waals surface area contributed by atoms with Crippen LogP contribution in [0.1, 0.15) is 59.3 Å². The van der Waals surface area contributed by atoms with Crippen molar-refractivity contribution in [3.05, 3.63) is 0 Å². The summed E-state index contributed by atoms with van der Waals surface area (Å²) < 4.78 is 6.08. The molecule has 5 heteroatoms. The molecule has 2 heterocycles. The third-order valence-corrected chi connectivity index (χ3v) is 5.45. The van der Waals surface area contributed by atoms with Crippen molar-refractivity contribution >= 4 is 5.96 Å². The van der Waals surface area contributed by atoms with Gasteiger partial charge in [-0.15, -0.1) is 0 Å². The zero-order valence-corrected chi connectivity index (χ0v) is 16.9. The van der Waals surface area contributed by atoms with E-state index in [-0.39, 0.29) is 5.41 Å². The summed E-state index contributed by atoms with van der Waals surface area (Å²) in [6, 6.07) is 0. The fourth-order valence-electron chi connectivity index (χ4n) is 4.13. The predicted octanol–water partition coefficient (Wildman–Crippen LogP) is 2.87. The molecule has 2 saturated heterocycles. The van der Waals surface area contributed by atoms with Crippen molar-refractivity contribution < 1.29 is 4.74 Å². The number of nitrogens with one attached hydrogen (secondary N) is 2. The number of ether oxygens (including phenoxy) is 1. The molecule has 0 aromatic heterocycles. The summed E-state index contributed by atoms with van der Waals surface area (Å²) in [5.41, 5.74) is 0.194. The highest BCUT2D eigenvalue weighted by atomic mass is 16.5. The number of hydrogen-bond acceptors (Lipinski definition) is 3. The molecule has 0 radical (unpaired) electrons. The van der Waals surface area contributed by atoms with Gasteiger partial charge in [-0.2, -0.15) is 0 Å². The topological polar surface area (TPSA) is 48.9 Å². The van der Waals surface area contributed by atoms with Gasteiger partial charge in [-0.25, -0.2) is 0 Å². The molecule has 0 aromatic rings. The number of likely N-dealkylation sites (tertiary alicyclic amines) is 1. The Balaban J connectivity index is 1.63. The van der Waals surface area contributed by atoms with Crippen LogP contribution < -0.4 is 10.6 Å². The number of guanidine groups is 1.